The lowest BCUT2D eigenvalue weighted by atomic mass is 10.7. The number of halogens is 1. The first-order chi connectivity index (χ1) is 5.68. The second kappa shape index (κ2) is 4.42. The summed E-state index contributed by atoms with van der Waals surface area (Å²) in [6, 6.07) is 0. The largest absolute Gasteiger partial charge is 0.481 e. The summed E-state index contributed by atoms with van der Waals surface area (Å²) in [6.07, 6.45) is 3.16. The van der Waals surface area contributed by atoms with Crippen LogP contribution in [0.3, 0.4) is 0 Å². The van der Waals surface area contributed by atoms with Crippen LogP contribution in [-0.4, -0.2) is 26.8 Å². The highest BCUT2D eigenvalue weighted by atomic mass is 79.9. The molecule has 0 aliphatic rings. The molecule has 0 aromatic carbocycles. The second-order valence-electron chi connectivity index (χ2n) is 1.87. The molecule has 0 radical (unpaired) electrons. The van der Waals surface area contributed by atoms with Gasteiger partial charge in [-0.15, -0.1) is 0 Å². The number of rotatable bonds is 3. The van der Waals surface area contributed by atoms with Crippen molar-refractivity contribution in [3.05, 3.63) is 16.9 Å². The average Bonchev–Trinajstić information content (AvgIpc) is 2.03. The van der Waals surface area contributed by atoms with E-state index in [-0.39, 0.29) is 5.75 Å². The molecule has 64 valence electrons. The summed E-state index contributed by atoms with van der Waals surface area (Å²) in [7, 11) is 0. The van der Waals surface area contributed by atoms with Crippen LogP contribution in [0.25, 0.3) is 0 Å². The Labute approximate surface area is 81.5 Å². The van der Waals surface area contributed by atoms with Gasteiger partial charge in [-0.05, 0) is 15.9 Å². The van der Waals surface area contributed by atoms with Crippen molar-refractivity contribution in [1.29, 1.82) is 0 Å². The number of aromatic nitrogens is 2. The molecule has 1 N–H and O–H groups in total. The fraction of sp³-hybridized carbons (Fsp3) is 0.167. The van der Waals surface area contributed by atoms with Crippen LogP contribution in [0, 0.1) is 0 Å². The molecular formula is C6H5BrN2O2S. The molecular weight excluding hydrogens is 244 g/mol. The quantitative estimate of drug-likeness (QED) is 0.648. The number of hydrogen-bond donors (Lipinski definition) is 1. The van der Waals surface area contributed by atoms with Crippen molar-refractivity contribution in [3.63, 3.8) is 0 Å². The topological polar surface area (TPSA) is 63.1 Å². The van der Waals surface area contributed by atoms with E-state index in [1.165, 1.54) is 0 Å². The number of carboxylic acid groups (broad SMARTS) is 1. The molecule has 4 nitrogen and oxygen atoms in total. The van der Waals surface area contributed by atoms with Crippen LogP contribution in [0.2, 0.25) is 0 Å². The lowest BCUT2D eigenvalue weighted by molar-refractivity contribution is -0.133. The molecule has 0 aliphatic heterocycles. The maximum atomic E-state index is 10.2. The Morgan fingerprint density at radius 2 is 2.17 bits per heavy atom. The normalized spacial score (nSPS) is 9.75. The first kappa shape index (κ1) is 9.47. The molecule has 0 aliphatic carbocycles. The molecule has 0 unspecified atom stereocenters. The smallest absolute Gasteiger partial charge is 0.313 e. The fourth-order valence-corrected chi connectivity index (χ4v) is 1.21. The minimum atomic E-state index is -0.869. The number of thioether (sulfide) groups is 1. The van der Waals surface area contributed by atoms with E-state index < -0.39 is 5.97 Å². The zero-order valence-corrected chi connectivity index (χ0v) is 8.30. The van der Waals surface area contributed by atoms with Crippen LogP contribution in [0.5, 0.6) is 0 Å². The lowest BCUT2D eigenvalue weighted by Crippen LogP contribution is -1.98. The summed E-state index contributed by atoms with van der Waals surface area (Å²) >= 11 is 4.27. The maximum Gasteiger partial charge on any atom is 0.313 e. The molecule has 0 saturated heterocycles. The molecule has 1 rings (SSSR count). The van der Waals surface area contributed by atoms with Crippen LogP contribution in [0.4, 0.5) is 0 Å². The minimum absolute atomic E-state index is 0.0123. The van der Waals surface area contributed by atoms with Crippen molar-refractivity contribution >= 4 is 33.7 Å². The zero-order chi connectivity index (χ0) is 8.97. The van der Waals surface area contributed by atoms with Gasteiger partial charge in [0.05, 0.1) is 10.2 Å². The van der Waals surface area contributed by atoms with Crippen molar-refractivity contribution in [2.75, 3.05) is 5.75 Å². The fourth-order valence-electron chi connectivity index (χ4n) is 0.501. The van der Waals surface area contributed by atoms with Crippen molar-refractivity contribution in [2.24, 2.45) is 0 Å². The highest BCUT2D eigenvalue weighted by Crippen LogP contribution is 2.13. The third kappa shape index (κ3) is 3.19. The number of hydrogen-bond acceptors (Lipinski definition) is 4. The summed E-state index contributed by atoms with van der Waals surface area (Å²) in [6.45, 7) is 0. The van der Waals surface area contributed by atoms with E-state index in [4.69, 9.17) is 5.11 Å². The van der Waals surface area contributed by atoms with Gasteiger partial charge in [0.15, 0.2) is 5.16 Å². The van der Waals surface area contributed by atoms with Gasteiger partial charge in [-0.2, -0.15) is 0 Å². The van der Waals surface area contributed by atoms with Gasteiger partial charge in [0.25, 0.3) is 0 Å². The molecule has 0 bridgehead atoms. The minimum Gasteiger partial charge on any atom is -0.481 e. The van der Waals surface area contributed by atoms with Crippen LogP contribution in [-0.2, 0) is 4.79 Å². The summed E-state index contributed by atoms with van der Waals surface area (Å²) in [5.74, 6) is -0.881. The summed E-state index contributed by atoms with van der Waals surface area (Å²) in [5, 5.41) is 8.82. The van der Waals surface area contributed by atoms with Gasteiger partial charge in [0.2, 0.25) is 0 Å². The van der Waals surface area contributed by atoms with Gasteiger partial charge in [-0.1, -0.05) is 11.8 Å². The van der Waals surface area contributed by atoms with Gasteiger partial charge in [0, 0.05) is 12.4 Å². The van der Waals surface area contributed by atoms with Crippen LogP contribution in [0.15, 0.2) is 22.0 Å². The van der Waals surface area contributed by atoms with Crippen molar-refractivity contribution in [1.82, 2.24) is 9.97 Å². The molecule has 12 heavy (non-hydrogen) atoms. The van der Waals surface area contributed by atoms with Crippen LogP contribution in [0.1, 0.15) is 0 Å². The average molecular weight is 249 g/mol. The van der Waals surface area contributed by atoms with Gasteiger partial charge >= 0.3 is 5.97 Å². The van der Waals surface area contributed by atoms with E-state index in [0.717, 1.165) is 16.2 Å². The van der Waals surface area contributed by atoms with Gasteiger partial charge in [-0.25, -0.2) is 9.97 Å². The standard InChI is InChI=1S/C6H5BrN2O2S/c7-4-1-8-6(9-2-4)12-3-5(10)11/h1-2H,3H2,(H,10,11). The van der Waals surface area contributed by atoms with E-state index in [1.54, 1.807) is 12.4 Å². The summed E-state index contributed by atoms with van der Waals surface area (Å²) in [5.41, 5.74) is 0. The van der Waals surface area contributed by atoms with Gasteiger partial charge < -0.3 is 5.11 Å². The highest BCUT2D eigenvalue weighted by molar-refractivity contribution is 9.10. The molecule has 0 atom stereocenters. The predicted octanol–water partition coefficient (Wildman–Crippen LogP) is 1.42. The first-order valence-corrected chi connectivity index (χ1v) is 4.78. The Morgan fingerprint density at radius 3 is 2.67 bits per heavy atom. The number of aliphatic carboxylic acids is 1. The molecule has 1 heterocycles. The number of nitrogens with zero attached hydrogens (tertiary/aromatic N) is 2. The molecule has 0 fully saturated rings. The number of carboxylic acids is 1. The summed E-state index contributed by atoms with van der Waals surface area (Å²) in [4.78, 5) is 17.9. The monoisotopic (exact) mass is 248 g/mol. The van der Waals surface area contributed by atoms with E-state index in [9.17, 15) is 4.79 Å². The van der Waals surface area contributed by atoms with Crippen molar-refractivity contribution in [2.45, 2.75) is 5.16 Å². The third-order valence-electron chi connectivity index (χ3n) is 0.921. The van der Waals surface area contributed by atoms with E-state index in [2.05, 4.69) is 25.9 Å². The Hall–Kier alpha value is -0.620. The van der Waals surface area contributed by atoms with Gasteiger partial charge in [-0.3, -0.25) is 4.79 Å². The Balaban J connectivity index is 2.53. The molecule has 0 saturated carbocycles. The molecule has 0 amide bonds. The van der Waals surface area contributed by atoms with Gasteiger partial charge in [0.1, 0.15) is 0 Å². The molecule has 6 heteroatoms. The second-order valence-corrected chi connectivity index (χ2v) is 3.72. The number of carbonyl (C=O) groups is 1. The van der Waals surface area contributed by atoms with E-state index in [1.807, 2.05) is 0 Å². The zero-order valence-electron chi connectivity index (χ0n) is 5.90. The van der Waals surface area contributed by atoms with Crippen molar-refractivity contribution in [3.8, 4) is 0 Å². The van der Waals surface area contributed by atoms with E-state index >= 15 is 0 Å². The maximum absolute atomic E-state index is 10.2. The highest BCUT2D eigenvalue weighted by Gasteiger charge is 2.01. The Bertz CT molecular complexity index is 277. The Morgan fingerprint density at radius 1 is 1.58 bits per heavy atom. The van der Waals surface area contributed by atoms with Crippen LogP contribution >= 0.6 is 27.7 Å². The predicted molar refractivity (Wildman–Crippen MR) is 48.1 cm³/mol. The molecule has 0 spiro atoms. The molecule has 1 aromatic heterocycles. The Kier molecular flexibility index (Phi) is 3.48. The molecule has 1 aromatic rings. The van der Waals surface area contributed by atoms with Crippen molar-refractivity contribution < 1.29 is 9.90 Å². The third-order valence-corrected chi connectivity index (χ3v) is 2.19. The van der Waals surface area contributed by atoms with E-state index in [0.29, 0.717) is 5.16 Å². The lowest BCUT2D eigenvalue weighted by Gasteiger charge is -1.94. The SMILES string of the molecule is O=C(O)CSc1ncc(Br)cn1. The first-order valence-electron chi connectivity index (χ1n) is 3.00. The van der Waals surface area contributed by atoms with Crippen LogP contribution < -0.4 is 0 Å². The summed E-state index contributed by atoms with van der Waals surface area (Å²) < 4.78 is 0.780.